The molecule has 0 saturated carbocycles. The first-order chi connectivity index (χ1) is 12.6. The first-order valence-electron chi connectivity index (χ1n) is 9.31. The molecule has 1 aromatic carbocycles. The van der Waals surface area contributed by atoms with E-state index in [2.05, 4.69) is 32.6 Å². The molecule has 0 aliphatic carbocycles. The molecule has 7 nitrogen and oxygen atoms in total. The summed E-state index contributed by atoms with van der Waals surface area (Å²) >= 11 is 0. The van der Waals surface area contributed by atoms with E-state index in [0.717, 1.165) is 51.3 Å². The van der Waals surface area contributed by atoms with Crippen molar-refractivity contribution < 1.29 is 14.3 Å². The largest absolute Gasteiger partial charge is 0.497 e. The van der Waals surface area contributed by atoms with Crippen molar-refractivity contribution in [3.63, 3.8) is 0 Å². The molecule has 0 radical (unpaired) electrons. The number of nitrogens with zero attached hydrogens (tertiary/aromatic N) is 2. The number of hydrogen-bond acceptors (Lipinski definition) is 5. The minimum absolute atomic E-state index is 0.525. The zero-order valence-electron chi connectivity index (χ0n) is 15.8. The summed E-state index contributed by atoms with van der Waals surface area (Å²) in [6.45, 7) is 7.89. The van der Waals surface area contributed by atoms with Gasteiger partial charge in [-0.1, -0.05) is 6.92 Å². The molecule has 2 N–H and O–H groups in total. The van der Waals surface area contributed by atoms with Gasteiger partial charge < -0.3 is 20.3 Å². The second-order valence-electron chi connectivity index (χ2n) is 6.39. The number of hydrogen-bond donors (Lipinski definition) is 2. The fraction of sp³-hybridized carbons (Fsp3) is 0.579. The summed E-state index contributed by atoms with van der Waals surface area (Å²) in [5, 5.41) is 5.25. The Morgan fingerprint density at radius 2 is 1.62 bits per heavy atom. The average Bonchev–Trinajstić information content (AvgIpc) is 2.69. The molecule has 26 heavy (non-hydrogen) atoms. The van der Waals surface area contributed by atoms with Crippen molar-refractivity contribution in [2.24, 2.45) is 0 Å². The SMILES string of the molecule is CCCNC(=O)C(=O)NCCCN1CCN(c2ccc(OC)cc2)CC1. The smallest absolute Gasteiger partial charge is 0.309 e. The zero-order chi connectivity index (χ0) is 18.8. The van der Waals surface area contributed by atoms with Crippen molar-refractivity contribution in [1.82, 2.24) is 15.5 Å². The van der Waals surface area contributed by atoms with E-state index in [1.807, 2.05) is 19.1 Å². The van der Waals surface area contributed by atoms with Gasteiger partial charge in [-0.25, -0.2) is 0 Å². The highest BCUT2D eigenvalue weighted by atomic mass is 16.5. The van der Waals surface area contributed by atoms with Crippen molar-refractivity contribution in [2.45, 2.75) is 19.8 Å². The van der Waals surface area contributed by atoms with Crippen LogP contribution in [-0.4, -0.2) is 69.6 Å². The molecule has 1 heterocycles. The molecule has 144 valence electrons. The van der Waals surface area contributed by atoms with Crippen molar-refractivity contribution in [1.29, 1.82) is 0 Å². The fourth-order valence-electron chi connectivity index (χ4n) is 2.93. The molecule has 0 bridgehead atoms. The second kappa shape index (κ2) is 10.7. The van der Waals surface area contributed by atoms with Gasteiger partial charge in [0.25, 0.3) is 0 Å². The summed E-state index contributed by atoms with van der Waals surface area (Å²) in [5.74, 6) is -0.208. The highest BCUT2D eigenvalue weighted by molar-refractivity contribution is 6.35. The van der Waals surface area contributed by atoms with Gasteiger partial charge in [0.1, 0.15) is 5.75 Å². The minimum Gasteiger partial charge on any atom is -0.497 e. The van der Waals surface area contributed by atoms with Crippen LogP contribution in [0.15, 0.2) is 24.3 Å². The summed E-state index contributed by atoms with van der Waals surface area (Å²) < 4.78 is 5.20. The molecule has 1 saturated heterocycles. The summed E-state index contributed by atoms with van der Waals surface area (Å²) in [4.78, 5) is 27.8. The standard InChI is InChI=1S/C19H30N4O3/c1-3-9-20-18(24)19(25)21-10-4-11-22-12-14-23(15-13-22)16-5-7-17(26-2)8-6-16/h5-8H,3-4,9-15H2,1-2H3,(H,20,24)(H,21,25). The predicted molar refractivity (Wildman–Crippen MR) is 103 cm³/mol. The van der Waals surface area contributed by atoms with E-state index >= 15 is 0 Å². The lowest BCUT2D eigenvalue weighted by Crippen LogP contribution is -2.47. The summed E-state index contributed by atoms with van der Waals surface area (Å²) in [5.41, 5.74) is 1.22. The monoisotopic (exact) mass is 362 g/mol. The van der Waals surface area contributed by atoms with E-state index in [9.17, 15) is 9.59 Å². The Labute approximate surface area is 155 Å². The Balaban J connectivity index is 1.61. The number of rotatable bonds is 8. The van der Waals surface area contributed by atoms with E-state index in [0.29, 0.717) is 13.1 Å². The highest BCUT2D eigenvalue weighted by Crippen LogP contribution is 2.20. The van der Waals surface area contributed by atoms with E-state index in [1.165, 1.54) is 5.69 Å². The summed E-state index contributed by atoms with van der Waals surface area (Å²) in [7, 11) is 1.67. The second-order valence-corrected chi connectivity index (χ2v) is 6.39. The number of carbonyl (C=O) groups excluding carboxylic acids is 2. The maximum atomic E-state index is 11.6. The van der Waals surface area contributed by atoms with Crippen LogP contribution in [0.3, 0.4) is 0 Å². The molecule has 7 heteroatoms. The van der Waals surface area contributed by atoms with Crippen LogP contribution in [0.4, 0.5) is 5.69 Å². The number of ether oxygens (including phenoxy) is 1. The molecule has 2 rings (SSSR count). The third-order valence-corrected chi connectivity index (χ3v) is 4.49. The van der Waals surface area contributed by atoms with Crippen LogP contribution in [-0.2, 0) is 9.59 Å². The Hall–Kier alpha value is -2.28. The van der Waals surface area contributed by atoms with Crippen molar-refractivity contribution in [3.05, 3.63) is 24.3 Å². The lowest BCUT2D eigenvalue weighted by molar-refractivity contribution is -0.139. The Kier molecular flexibility index (Phi) is 8.21. The predicted octanol–water partition coefficient (Wildman–Crippen LogP) is 0.850. The third kappa shape index (κ3) is 6.22. The third-order valence-electron chi connectivity index (χ3n) is 4.49. The van der Waals surface area contributed by atoms with Crippen LogP contribution in [0.5, 0.6) is 5.75 Å². The Morgan fingerprint density at radius 3 is 2.19 bits per heavy atom. The molecule has 2 amide bonds. The number of nitrogens with one attached hydrogen (secondary N) is 2. The average molecular weight is 362 g/mol. The summed E-state index contributed by atoms with van der Waals surface area (Å²) in [6.07, 6.45) is 1.66. The van der Waals surface area contributed by atoms with Gasteiger partial charge in [0.15, 0.2) is 0 Å². The van der Waals surface area contributed by atoms with Crippen LogP contribution in [0, 0.1) is 0 Å². The number of piperazine rings is 1. The van der Waals surface area contributed by atoms with Gasteiger partial charge in [-0.15, -0.1) is 0 Å². The molecule has 0 spiro atoms. The van der Waals surface area contributed by atoms with E-state index < -0.39 is 11.8 Å². The molecule has 1 aliphatic heterocycles. The van der Waals surface area contributed by atoms with Gasteiger partial charge >= 0.3 is 11.8 Å². The van der Waals surface area contributed by atoms with Gasteiger partial charge in [-0.05, 0) is 43.7 Å². The molecule has 1 aromatic rings. The first kappa shape index (κ1) is 20.0. The van der Waals surface area contributed by atoms with Gasteiger partial charge in [0, 0.05) is 45.0 Å². The number of anilines is 1. The zero-order valence-corrected chi connectivity index (χ0v) is 15.8. The van der Waals surface area contributed by atoms with Crippen LogP contribution in [0.2, 0.25) is 0 Å². The van der Waals surface area contributed by atoms with Crippen molar-refractivity contribution in [3.8, 4) is 5.75 Å². The lowest BCUT2D eigenvalue weighted by Gasteiger charge is -2.36. The molecule has 1 aliphatic rings. The topological polar surface area (TPSA) is 73.9 Å². The summed E-state index contributed by atoms with van der Waals surface area (Å²) in [6, 6.07) is 8.16. The molecule has 0 aromatic heterocycles. The van der Waals surface area contributed by atoms with E-state index in [4.69, 9.17) is 4.74 Å². The van der Waals surface area contributed by atoms with E-state index in [-0.39, 0.29) is 0 Å². The van der Waals surface area contributed by atoms with Gasteiger partial charge in [-0.3, -0.25) is 14.5 Å². The van der Waals surface area contributed by atoms with Crippen LogP contribution < -0.4 is 20.3 Å². The van der Waals surface area contributed by atoms with Crippen LogP contribution in [0.25, 0.3) is 0 Å². The quantitative estimate of drug-likeness (QED) is 0.530. The highest BCUT2D eigenvalue weighted by Gasteiger charge is 2.17. The van der Waals surface area contributed by atoms with Gasteiger partial charge in [0.05, 0.1) is 7.11 Å². The molecule has 1 fully saturated rings. The molecule has 0 unspecified atom stereocenters. The van der Waals surface area contributed by atoms with Crippen LogP contribution in [0.1, 0.15) is 19.8 Å². The first-order valence-corrected chi connectivity index (χ1v) is 9.31. The number of carbonyl (C=O) groups is 2. The van der Waals surface area contributed by atoms with Crippen molar-refractivity contribution in [2.75, 3.05) is 57.8 Å². The Morgan fingerprint density at radius 1 is 1.00 bits per heavy atom. The normalized spacial score (nSPS) is 14.8. The number of methoxy groups -OCH3 is 1. The molecular weight excluding hydrogens is 332 g/mol. The number of benzene rings is 1. The Bertz CT molecular complexity index is 569. The van der Waals surface area contributed by atoms with Crippen LogP contribution >= 0.6 is 0 Å². The lowest BCUT2D eigenvalue weighted by atomic mass is 10.2. The fourth-order valence-corrected chi connectivity index (χ4v) is 2.93. The maximum absolute atomic E-state index is 11.6. The van der Waals surface area contributed by atoms with Gasteiger partial charge in [0.2, 0.25) is 0 Å². The van der Waals surface area contributed by atoms with Crippen molar-refractivity contribution >= 4 is 17.5 Å². The van der Waals surface area contributed by atoms with Gasteiger partial charge in [-0.2, -0.15) is 0 Å². The molecular formula is C19H30N4O3. The van der Waals surface area contributed by atoms with E-state index in [1.54, 1.807) is 7.11 Å². The number of amides is 2. The minimum atomic E-state index is -0.542. The maximum Gasteiger partial charge on any atom is 0.309 e. The molecule has 0 atom stereocenters.